The summed E-state index contributed by atoms with van der Waals surface area (Å²) in [6.45, 7) is 0.136. The second-order valence-electron chi connectivity index (χ2n) is 6.57. The Bertz CT molecular complexity index is 1270. The Hall–Kier alpha value is -3.58. The number of rotatable bonds is 3. The molecule has 6 nitrogen and oxygen atoms in total. The standard InChI is InChI=1S/C22H15NO5S/c24-22(15-6-2-1-3-7-15)21-13-23(16-10-11-18-19(12-16)28-14-27-18)17-8-4-5-9-20(17)29(21,25)26/h1-13H,14H2. The number of allylic oxidation sites excluding steroid dienone is 1. The van der Waals surface area contributed by atoms with E-state index in [0.717, 1.165) is 0 Å². The highest BCUT2D eigenvalue weighted by Gasteiger charge is 2.36. The van der Waals surface area contributed by atoms with E-state index < -0.39 is 15.6 Å². The normalized spacial score (nSPS) is 16.1. The Labute approximate surface area is 167 Å². The lowest BCUT2D eigenvalue weighted by Gasteiger charge is -2.29. The van der Waals surface area contributed by atoms with Crippen molar-refractivity contribution >= 4 is 27.0 Å². The molecule has 0 N–H and O–H groups in total. The number of ether oxygens (including phenoxy) is 2. The summed E-state index contributed by atoms with van der Waals surface area (Å²) in [5, 5.41) is 0. The third-order valence-electron chi connectivity index (χ3n) is 4.84. The van der Waals surface area contributed by atoms with Crippen LogP contribution in [0, 0.1) is 0 Å². The fourth-order valence-electron chi connectivity index (χ4n) is 3.42. The van der Waals surface area contributed by atoms with Crippen molar-refractivity contribution < 1.29 is 22.7 Å². The van der Waals surface area contributed by atoms with Crippen LogP contribution in [0.5, 0.6) is 11.5 Å². The van der Waals surface area contributed by atoms with Gasteiger partial charge in [0.25, 0.3) is 0 Å². The fourth-order valence-corrected chi connectivity index (χ4v) is 4.96. The molecule has 0 spiro atoms. The van der Waals surface area contributed by atoms with Crippen molar-refractivity contribution in [2.24, 2.45) is 0 Å². The second-order valence-corrected chi connectivity index (χ2v) is 8.45. The molecule has 2 aliphatic heterocycles. The van der Waals surface area contributed by atoms with E-state index in [-0.39, 0.29) is 16.6 Å². The molecule has 3 aromatic rings. The van der Waals surface area contributed by atoms with Gasteiger partial charge in [0.15, 0.2) is 11.5 Å². The summed E-state index contributed by atoms with van der Waals surface area (Å²) in [6, 6.07) is 20.3. The maximum absolute atomic E-state index is 13.2. The van der Waals surface area contributed by atoms with Gasteiger partial charge in [0, 0.05) is 23.5 Å². The molecule has 144 valence electrons. The molecule has 0 atom stereocenters. The van der Waals surface area contributed by atoms with Crippen molar-refractivity contribution in [1.82, 2.24) is 0 Å². The van der Waals surface area contributed by atoms with Gasteiger partial charge in [-0.2, -0.15) is 0 Å². The highest BCUT2D eigenvalue weighted by Crippen LogP contribution is 2.43. The van der Waals surface area contributed by atoms with E-state index in [1.807, 2.05) is 0 Å². The summed E-state index contributed by atoms with van der Waals surface area (Å²) in [7, 11) is -3.97. The molecule has 3 aromatic carbocycles. The largest absolute Gasteiger partial charge is 0.454 e. The van der Waals surface area contributed by atoms with Crippen molar-refractivity contribution in [1.29, 1.82) is 0 Å². The smallest absolute Gasteiger partial charge is 0.231 e. The molecule has 0 unspecified atom stereocenters. The van der Waals surface area contributed by atoms with E-state index in [4.69, 9.17) is 9.47 Å². The number of hydrogen-bond donors (Lipinski definition) is 0. The molecule has 2 aliphatic rings. The number of nitrogens with zero attached hydrogens (tertiary/aromatic N) is 1. The van der Waals surface area contributed by atoms with E-state index in [9.17, 15) is 13.2 Å². The zero-order valence-corrected chi connectivity index (χ0v) is 15.9. The zero-order chi connectivity index (χ0) is 20.0. The number of benzene rings is 3. The number of ketones is 1. The Morgan fingerprint density at radius 3 is 2.41 bits per heavy atom. The Morgan fingerprint density at radius 1 is 0.862 bits per heavy atom. The van der Waals surface area contributed by atoms with E-state index >= 15 is 0 Å². The number of hydrogen-bond acceptors (Lipinski definition) is 6. The van der Waals surface area contributed by atoms with Gasteiger partial charge in [-0.05, 0) is 24.3 Å². The van der Waals surface area contributed by atoms with Crippen molar-refractivity contribution in [2.75, 3.05) is 11.7 Å². The van der Waals surface area contributed by atoms with Crippen LogP contribution in [0.3, 0.4) is 0 Å². The summed E-state index contributed by atoms with van der Waals surface area (Å²) in [5.74, 6) is 0.639. The number of Topliss-reactive ketones (excluding diaryl/α,β-unsaturated/α-hetero) is 1. The van der Waals surface area contributed by atoms with Gasteiger partial charge in [-0.25, -0.2) is 8.42 Å². The minimum Gasteiger partial charge on any atom is -0.454 e. The van der Waals surface area contributed by atoms with Crippen molar-refractivity contribution in [2.45, 2.75) is 4.90 Å². The van der Waals surface area contributed by atoms with Gasteiger partial charge < -0.3 is 14.4 Å². The highest BCUT2D eigenvalue weighted by atomic mass is 32.2. The molecule has 0 saturated heterocycles. The Balaban J connectivity index is 1.70. The van der Waals surface area contributed by atoms with Crippen LogP contribution in [0.1, 0.15) is 10.4 Å². The molecule has 0 saturated carbocycles. The number of carbonyl (C=O) groups excluding carboxylic acids is 1. The molecule has 7 heteroatoms. The minimum absolute atomic E-state index is 0.0828. The summed E-state index contributed by atoms with van der Waals surface area (Å²) in [5.41, 5.74) is 1.44. The van der Waals surface area contributed by atoms with Gasteiger partial charge >= 0.3 is 0 Å². The molecule has 0 amide bonds. The molecule has 0 radical (unpaired) electrons. The van der Waals surface area contributed by atoms with Gasteiger partial charge in [-0.3, -0.25) is 4.79 Å². The number of anilines is 2. The highest BCUT2D eigenvalue weighted by molar-refractivity contribution is 7.96. The first-order valence-electron chi connectivity index (χ1n) is 8.90. The monoisotopic (exact) mass is 405 g/mol. The maximum Gasteiger partial charge on any atom is 0.231 e. The predicted molar refractivity (Wildman–Crippen MR) is 107 cm³/mol. The molecular weight excluding hydrogens is 390 g/mol. The lowest BCUT2D eigenvalue weighted by molar-refractivity contribution is 0.104. The molecular formula is C22H15NO5S. The lowest BCUT2D eigenvalue weighted by atomic mass is 10.1. The Morgan fingerprint density at radius 2 is 1.59 bits per heavy atom. The van der Waals surface area contributed by atoms with Gasteiger partial charge in [-0.1, -0.05) is 42.5 Å². The van der Waals surface area contributed by atoms with E-state index in [1.54, 1.807) is 71.6 Å². The lowest BCUT2D eigenvalue weighted by Crippen LogP contribution is -2.25. The quantitative estimate of drug-likeness (QED) is 0.612. The molecule has 0 fully saturated rings. The van der Waals surface area contributed by atoms with E-state index in [1.165, 1.54) is 12.3 Å². The topological polar surface area (TPSA) is 72.9 Å². The molecule has 0 bridgehead atoms. The summed E-state index contributed by atoms with van der Waals surface area (Å²) >= 11 is 0. The van der Waals surface area contributed by atoms with Crippen molar-refractivity contribution in [3.8, 4) is 11.5 Å². The van der Waals surface area contributed by atoms with Crippen LogP contribution >= 0.6 is 0 Å². The van der Waals surface area contributed by atoms with Gasteiger partial charge in [-0.15, -0.1) is 0 Å². The van der Waals surface area contributed by atoms with Crippen LogP contribution in [-0.2, 0) is 9.84 Å². The maximum atomic E-state index is 13.2. The molecule has 2 heterocycles. The first-order chi connectivity index (χ1) is 14.1. The minimum atomic E-state index is -3.97. The van der Waals surface area contributed by atoms with Gasteiger partial charge in [0.1, 0.15) is 4.91 Å². The van der Waals surface area contributed by atoms with Crippen LogP contribution in [0.25, 0.3) is 0 Å². The SMILES string of the molecule is O=C(C1=CN(c2ccc3c(c2)OCO3)c2ccccc2S1(=O)=O)c1ccccc1. The number of sulfone groups is 1. The number of carbonyl (C=O) groups is 1. The van der Waals surface area contributed by atoms with E-state index in [2.05, 4.69) is 0 Å². The number of para-hydroxylation sites is 1. The van der Waals surface area contributed by atoms with Gasteiger partial charge in [0.2, 0.25) is 22.4 Å². The third-order valence-corrected chi connectivity index (χ3v) is 6.64. The van der Waals surface area contributed by atoms with Crippen molar-refractivity contribution in [3.63, 3.8) is 0 Å². The van der Waals surface area contributed by atoms with Crippen LogP contribution < -0.4 is 14.4 Å². The van der Waals surface area contributed by atoms with Crippen LogP contribution in [0.4, 0.5) is 11.4 Å². The summed E-state index contributed by atoms with van der Waals surface area (Å²) < 4.78 is 37.2. The first-order valence-corrected chi connectivity index (χ1v) is 10.4. The average Bonchev–Trinajstić information content (AvgIpc) is 3.22. The number of fused-ring (bicyclic) bond motifs is 2. The molecule has 5 rings (SSSR count). The molecule has 29 heavy (non-hydrogen) atoms. The van der Waals surface area contributed by atoms with Crippen molar-refractivity contribution in [3.05, 3.63) is 89.5 Å². The van der Waals surface area contributed by atoms with Crippen LogP contribution in [0.15, 0.2) is 88.8 Å². The average molecular weight is 405 g/mol. The third kappa shape index (κ3) is 2.78. The van der Waals surface area contributed by atoms with Crippen LogP contribution in [0.2, 0.25) is 0 Å². The summed E-state index contributed by atoms with van der Waals surface area (Å²) in [4.78, 5) is 14.6. The molecule has 0 aromatic heterocycles. The summed E-state index contributed by atoms with van der Waals surface area (Å²) in [6.07, 6.45) is 1.38. The predicted octanol–water partition coefficient (Wildman–Crippen LogP) is 4.07. The van der Waals surface area contributed by atoms with Gasteiger partial charge in [0.05, 0.1) is 10.6 Å². The zero-order valence-electron chi connectivity index (χ0n) is 15.1. The van der Waals surface area contributed by atoms with Crippen LogP contribution in [-0.4, -0.2) is 21.0 Å². The van der Waals surface area contributed by atoms with E-state index in [0.29, 0.717) is 28.4 Å². The molecule has 0 aliphatic carbocycles. The second kappa shape index (κ2) is 6.49. The Kier molecular flexibility index (Phi) is 3.92. The first kappa shape index (κ1) is 17.5. The fraction of sp³-hybridized carbons (Fsp3) is 0.0455.